The summed E-state index contributed by atoms with van der Waals surface area (Å²) in [5, 5.41) is 3.29. The van der Waals surface area contributed by atoms with Crippen LogP contribution >= 0.6 is 39.0 Å². The SMILES string of the molecule is Cc1csc(CSc2ccc(Br)cc2)n1. The fourth-order valence-corrected chi connectivity index (χ4v) is 3.10. The Labute approximate surface area is 106 Å². The smallest absolute Gasteiger partial charge is 0.103 e. The minimum Gasteiger partial charge on any atom is -0.246 e. The molecular formula is C11H10BrNS2. The summed E-state index contributed by atoms with van der Waals surface area (Å²) in [6.45, 7) is 2.03. The number of hydrogen-bond donors (Lipinski definition) is 0. The zero-order valence-electron chi connectivity index (χ0n) is 8.24. The summed E-state index contributed by atoms with van der Waals surface area (Å²) in [4.78, 5) is 5.72. The second-order valence-corrected chi connectivity index (χ2v) is 6.03. The van der Waals surface area contributed by atoms with Crippen LogP contribution in [-0.4, -0.2) is 4.98 Å². The van der Waals surface area contributed by atoms with E-state index in [-0.39, 0.29) is 0 Å². The average Bonchev–Trinajstić information content (AvgIpc) is 2.64. The molecule has 0 atom stereocenters. The topological polar surface area (TPSA) is 12.9 Å². The lowest BCUT2D eigenvalue weighted by Crippen LogP contribution is -1.79. The lowest BCUT2D eigenvalue weighted by molar-refractivity contribution is 1.18. The highest BCUT2D eigenvalue weighted by atomic mass is 79.9. The molecule has 0 aliphatic carbocycles. The summed E-state index contributed by atoms with van der Waals surface area (Å²) in [5.74, 6) is 0.958. The van der Waals surface area contributed by atoms with Gasteiger partial charge in [0.1, 0.15) is 5.01 Å². The molecule has 0 unspecified atom stereocenters. The molecular weight excluding hydrogens is 290 g/mol. The van der Waals surface area contributed by atoms with Gasteiger partial charge in [-0.2, -0.15) is 0 Å². The summed E-state index contributed by atoms with van der Waals surface area (Å²) < 4.78 is 1.12. The summed E-state index contributed by atoms with van der Waals surface area (Å²) in [6.07, 6.45) is 0. The molecule has 4 heteroatoms. The van der Waals surface area contributed by atoms with Gasteiger partial charge in [-0.25, -0.2) is 4.98 Å². The largest absolute Gasteiger partial charge is 0.246 e. The molecule has 78 valence electrons. The third-order valence-electron chi connectivity index (χ3n) is 1.84. The third kappa shape index (κ3) is 3.33. The van der Waals surface area contributed by atoms with E-state index < -0.39 is 0 Å². The molecule has 0 bridgehead atoms. The Morgan fingerprint density at radius 1 is 1.33 bits per heavy atom. The van der Waals surface area contributed by atoms with Crippen molar-refractivity contribution in [3.05, 3.63) is 44.8 Å². The van der Waals surface area contributed by atoms with Crippen LogP contribution in [0, 0.1) is 6.92 Å². The van der Waals surface area contributed by atoms with Gasteiger partial charge in [0.05, 0.1) is 5.75 Å². The van der Waals surface area contributed by atoms with Gasteiger partial charge in [0.15, 0.2) is 0 Å². The summed E-state index contributed by atoms with van der Waals surface area (Å²) in [6, 6.07) is 8.37. The zero-order valence-corrected chi connectivity index (χ0v) is 11.5. The fourth-order valence-electron chi connectivity index (χ4n) is 1.14. The Bertz CT molecular complexity index is 436. The van der Waals surface area contributed by atoms with Crippen LogP contribution in [0.3, 0.4) is 0 Å². The number of halogens is 1. The highest BCUT2D eigenvalue weighted by Crippen LogP contribution is 2.25. The fraction of sp³-hybridized carbons (Fsp3) is 0.182. The molecule has 0 saturated carbocycles. The van der Waals surface area contributed by atoms with Gasteiger partial charge in [0.2, 0.25) is 0 Å². The van der Waals surface area contributed by atoms with Gasteiger partial charge in [-0.15, -0.1) is 23.1 Å². The van der Waals surface area contributed by atoms with Crippen molar-refractivity contribution in [3.8, 4) is 0 Å². The van der Waals surface area contributed by atoms with Crippen molar-refractivity contribution in [1.29, 1.82) is 0 Å². The molecule has 0 amide bonds. The number of rotatable bonds is 3. The van der Waals surface area contributed by atoms with Gasteiger partial charge in [-0.1, -0.05) is 15.9 Å². The van der Waals surface area contributed by atoms with Gasteiger partial charge in [0.25, 0.3) is 0 Å². The number of thiazole rings is 1. The molecule has 2 rings (SSSR count). The summed E-state index contributed by atoms with van der Waals surface area (Å²) >= 11 is 6.98. The number of nitrogens with zero attached hydrogens (tertiary/aromatic N) is 1. The van der Waals surface area contributed by atoms with Crippen molar-refractivity contribution in [2.24, 2.45) is 0 Å². The first-order valence-electron chi connectivity index (χ1n) is 4.53. The first-order chi connectivity index (χ1) is 7.24. The average molecular weight is 300 g/mol. The second kappa shape index (κ2) is 5.14. The van der Waals surface area contributed by atoms with E-state index >= 15 is 0 Å². The molecule has 0 spiro atoms. The van der Waals surface area contributed by atoms with E-state index in [2.05, 4.69) is 50.6 Å². The molecule has 2 aromatic rings. The Morgan fingerprint density at radius 2 is 2.07 bits per heavy atom. The van der Waals surface area contributed by atoms with E-state index in [9.17, 15) is 0 Å². The van der Waals surface area contributed by atoms with Crippen molar-refractivity contribution >= 4 is 39.0 Å². The molecule has 0 radical (unpaired) electrons. The van der Waals surface area contributed by atoms with Crippen LogP contribution in [0.2, 0.25) is 0 Å². The van der Waals surface area contributed by atoms with E-state index in [1.807, 2.05) is 18.7 Å². The lowest BCUT2D eigenvalue weighted by Gasteiger charge is -1.98. The van der Waals surface area contributed by atoms with Gasteiger partial charge in [0, 0.05) is 20.4 Å². The quantitative estimate of drug-likeness (QED) is 0.774. The Balaban J connectivity index is 1.96. The highest BCUT2D eigenvalue weighted by Gasteiger charge is 2.00. The van der Waals surface area contributed by atoms with E-state index in [0.717, 1.165) is 15.9 Å². The number of thioether (sulfide) groups is 1. The molecule has 0 fully saturated rings. The van der Waals surface area contributed by atoms with Crippen LogP contribution in [0.5, 0.6) is 0 Å². The molecule has 1 aromatic carbocycles. The van der Waals surface area contributed by atoms with E-state index in [0.29, 0.717) is 0 Å². The first kappa shape index (κ1) is 11.2. The van der Waals surface area contributed by atoms with Crippen LogP contribution < -0.4 is 0 Å². The van der Waals surface area contributed by atoms with Crippen LogP contribution in [-0.2, 0) is 5.75 Å². The molecule has 0 saturated heterocycles. The maximum atomic E-state index is 4.43. The van der Waals surface area contributed by atoms with Crippen molar-refractivity contribution in [2.75, 3.05) is 0 Å². The third-order valence-corrected chi connectivity index (χ3v) is 4.54. The molecule has 1 heterocycles. The van der Waals surface area contributed by atoms with Crippen LogP contribution in [0.15, 0.2) is 39.0 Å². The molecule has 1 nitrogen and oxygen atoms in total. The maximum absolute atomic E-state index is 4.43. The molecule has 0 aliphatic heterocycles. The lowest BCUT2D eigenvalue weighted by atomic mass is 10.4. The van der Waals surface area contributed by atoms with Crippen LogP contribution in [0.1, 0.15) is 10.7 Å². The van der Waals surface area contributed by atoms with E-state index in [1.165, 1.54) is 9.90 Å². The number of aromatic nitrogens is 1. The summed E-state index contributed by atoms with van der Waals surface area (Å²) in [5.41, 5.74) is 1.12. The van der Waals surface area contributed by atoms with Crippen molar-refractivity contribution in [1.82, 2.24) is 4.98 Å². The van der Waals surface area contributed by atoms with Crippen LogP contribution in [0.4, 0.5) is 0 Å². The van der Waals surface area contributed by atoms with Crippen molar-refractivity contribution in [3.63, 3.8) is 0 Å². The van der Waals surface area contributed by atoms with E-state index in [1.54, 1.807) is 11.3 Å². The molecule has 15 heavy (non-hydrogen) atoms. The zero-order chi connectivity index (χ0) is 10.7. The number of benzene rings is 1. The Kier molecular flexibility index (Phi) is 3.83. The first-order valence-corrected chi connectivity index (χ1v) is 7.19. The van der Waals surface area contributed by atoms with Gasteiger partial charge >= 0.3 is 0 Å². The van der Waals surface area contributed by atoms with Crippen molar-refractivity contribution < 1.29 is 0 Å². The minimum absolute atomic E-state index is 0.958. The predicted octanol–water partition coefficient (Wildman–Crippen LogP) is 4.51. The molecule has 0 aliphatic rings. The Morgan fingerprint density at radius 3 is 2.67 bits per heavy atom. The second-order valence-electron chi connectivity index (χ2n) is 3.13. The van der Waals surface area contributed by atoms with Gasteiger partial charge < -0.3 is 0 Å². The number of hydrogen-bond acceptors (Lipinski definition) is 3. The number of aryl methyl sites for hydroxylation is 1. The normalized spacial score (nSPS) is 10.5. The maximum Gasteiger partial charge on any atom is 0.103 e. The minimum atomic E-state index is 0.958. The summed E-state index contributed by atoms with van der Waals surface area (Å²) in [7, 11) is 0. The van der Waals surface area contributed by atoms with Gasteiger partial charge in [-0.3, -0.25) is 0 Å². The molecule has 1 aromatic heterocycles. The monoisotopic (exact) mass is 299 g/mol. The van der Waals surface area contributed by atoms with E-state index in [4.69, 9.17) is 0 Å². The Hall–Kier alpha value is -0.320. The van der Waals surface area contributed by atoms with Gasteiger partial charge in [-0.05, 0) is 31.2 Å². The van der Waals surface area contributed by atoms with Crippen molar-refractivity contribution in [2.45, 2.75) is 17.6 Å². The standard InChI is InChI=1S/C11H10BrNS2/c1-8-6-15-11(13-8)7-14-10-4-2-9(12)3-5-10/h2-6H,7H2,1H3. The molecule has 0 N–H and O–H groups in total. The highest BCUT2D eigenvalue weighted by molar-refractivity contribution is 9.10. The predicted molar refractivity (Wildman–Crippen MR) is 70.6 cm³/mol. The van der Waals surface area contributed by atoms with Crippen LogP contribution in [0.25, 0.3) is 0 Å².